The van der Waals surface area contributed by atoms with Crippen LogP contribution < -0.4 is 16.4 Å². The Bertz CT molecular complexity index is 2010. The third-order valence-corrected chi connectivity index (χ3v) is 9.19. The normalized spacial score (nSPS) is 11.4. The van der Waals surface area contributed by atoms with Crippen molar-refractivity contribution in [1.82, 2.24) is 0 Å². The summed E-state index contributed by atoms with van der Waals surface area (Å²) in [6, 6.07) is 42.6. The van der Waals surface area contributed by atoms with E-state index >= 15 is 0 Å². The Labute approximate surface area is 277 Å². The van der Waals surface area contributed by atoms with E-state index in [2.05, 4.69) is 169 Å². The summed E-state index contributed by atoms with van der Waals surface area (Å²) >= 11 is 0. The number of rotatable bonds is 4. The topological polar surface area (TPSA) is 0 Å². The van der Waals surface area contributed by atoms with E-state index < -0.39 is 0 Å². The van der Waals surface area contributed by atoms with Gasteiger partial charge in [-0.3, -0.25) is 0 Å². The van der Waals surface area contributed by atoms with Crippen molar-refractivity contribution in [3.8, 4) is 22.3 Å². The fourth-order valence-electron chi connectivity index (χ4n) is 6.90. The maximum absolute atomic E-state index is 2.44. The van der Waals surface area contributed by atoms with Crippen LogP contribution in [0.5, 0.6) is 0 Å². The Balaban J connectivity index is 0.000000248. The molecule has 0 bridgehead atoms. The maximum Gasteiger partial charge on any atom is 0.242 e. The molecule has 1 aliphatic heterocycles. The molecule has 0 amide bonds. The van der Waals surface area contributed by atoms with Gasteiger partial charge in [0.1, 0.15) is 0 Å². The van der Waals surface area contributed by atoms with Crippen molar-refractivity contribution < 1.29 is 0 Å². The minimum atomic E-state index is 0.278. The number of allylic oxidation sites excluding steroid dienone is 1. The van der Waals surface area contributed by atoms with E-state index in [1.807, 2.05) is 13.8 Å². The molecule has 1 heterocycles. The van der Waals surface area contributed by atoms with Gasteiger partial charge in [-0.1, -0.05) is 164 Å². The molecule has 0 radical (unpaired) electrons. The molecule has 0 saturated heterocycles. The molecule has 7 rings (SSSR count). The second kappa shape index (κ2) is 14.7. The van der Waals surface area contributed by atoms with Crippen LogP contribution in [0.4, 0.5) is 0 Å². The van der Waals surface area contributed by atoms with E-state index in [0.717, 1.165) is 6.42 Å². The molecular formula is C45H47B. The molecule has 0 saturated carbocycles. The van der Waals surface area contributed by atoms with Crippen molar-refractivity contribution in [1.29, 1.82) is 0 Å². The lowest BCUT2D eigenvalue weighted by Crippen LogP contribution is -2.49. The third kappa shape index (κ3) is 6.51. The Morgan fingerprint density at radius 3 is 2.02 bits per heavy atom. The summed E-state index contributed by atoms with van der Waals surface area (Å²) in [5, 5.41) is 2.71. The second-order valence-corrected chi connectivity index (χ2v) is 12.2. The highest BCUT2D eigenvalue weighted by Gasteiger charge is 2.34. The molecule has 0 aromatic heterocycles. The highest BCUT2D eigenvalue weighted by Crippen LogP contribution is 2.32. The van der Waals surface area contributed by atoms with Crippen LogP contribution in [-0.4, -0.2) is 6.71 Å². The van der Waals surface area contributed by atoms with Crippen LogP contribution >= 0.6 is 0 Å². The summed E-state index contributed by atoms with van der Waals surface area (Å²) in [4.78, 5) is 0. The average Bonchev–Trinajstić information content (AvgIpc) is 3.39. The molecule has 46 heavy (non-hydrogen) atoms. The van der Waals surface area contributed by atoms with E-state index in [1.54, 1.807) is 0 Å². The van der Waals surface area contributed by atoms with E-state index in [9.17, 15) is 0 Å². The van der Waals surface area contributed by atoms with Gasteiger partial charge in [-0.2, -0.15) is 0 Å². The third-order valence-electron chi connectivity index (χ3n) is 9.19. The summed E-state index contributed by atoms with van der Waals surface area (Å²) < 4.78 is 0. The lowest BCUT2D eigenvalue weighted by molar-refractivity contribution is 1.13. The minimum absolute atomic E-state index is 0.278. The van der Waals surface area contributed by atoms with Crippen LogP contribution in [0.25, 0.3) is 39.1 Å². The van der Waals surface area contributed by atoms with Crippen LogP contribution in [0.2, 0.25) is 0 Å². The van der Waals surface area contributed by atoms with Crippen molar-refractivity contribution in [2.24, 2.45) is 0 Å². The zero-order valence-corrected chi connectivity index (χ0v) is 28.9. The first-order valence-electron chi connectivity index (χ1n) is 16.9. The Kier molecular flexibility index (Phi) is 10.4. The number of hydrogen-bond acceptors (Lipinski definition) is 0. The fraction of sp³-hybridized carbons (Fsp3) is 0.200. The zero-order valence-electron chi connectivity index (χ0n) is 28.9. The summed E-state index contributed by atoms with van der Waals surface area (Å²) in [5.74, 6) is 0. The zero-order chi connectivity index (χ0) is 32.8. The van der Waals surface area contributed by atoms with E-state index in [-0.39, 0.29) is 6.71 Å². The first-order valence-corrected chi connectivity index (χ1v) is 16.9. The Hall–Kier alpha value is -4.62. The molecule has 0 atom stereocenters. The maximum atomic E-state index is 2.44. The van der Waals surface area contributed by atoms with Gasteiger partial charge in [0, 0.05) is 0 Å². The van der Waals surface area contributed by atoms with Crippen LogP contribution in [0.3, 0.4) is 0 Å². The van der Waals surface area contributed by atoms with Crippen molar-refractivity contribution >= 4 is 39.9 Å². The van der Waals surface area contributed by atoms with Gasteiger partial charge >= 0.3 is 0 Å². The number of fused-ring (bicyclic) bond motifs is 4. The van der Waals surface area contributed by atoms with E-state index in [0.29, 0.717) is 0 Å². The highest BCUT2D eigenvalue weighted by molar-refractivity contribution is 6.99. The molecule has 230 valence electrons. The molecular weight excluding hydrogens is 551 g/mol. The number of hydrogen-bond donors (Lipinski definition) is 0. The molecule has 0 unspecified atom stereocenters. The van der Waals surface area contributed by atoms with Gasteiger partial charge in [0.25, 0.3) is 0 Å². The monoisotopic (exact) mass is 598 g/mol. The molecule has 0 aliphatic carbocycles. The van der Waals surface area contributed by atoms with Crippen molar-refractivity contribution in [2.75, 3.05) is 0 Å². The summed E-state index contributed by atoms with van der Waals surface area (Å²) in [5.41, 5.74) is 17.7. The van der Waals surface area contributed by atoms with Gasteiger partial charge in [-0.15, -0.1) is 0 Å². The van der Waals surface area contributed by atoms with Gasteiger partial charge in [0.05, 0.1) is 0 Å². The Morgan fingerprint density at radius 2 is 1.28 bits per heavy atom. The quantitative estimate of drug-likeness (QED) is 0.177. The highest BCUT2D eigenvalue weighted by atomic mass is 14.2. The average molecular weight is 599 g/mol. The molecule has 0 fully saturated rings. The lowest BCUT2D eigenvalue weighted by atomic mass is 9.38. The Morgan fingerprint density at radius 1 is 0.565 bits per heavy atom. The summed E-state index contributed by atoms with van der Waals surface area (Å²) in [6.45, 7) is 17.4. The minimum Gasteiger partial charge on any atom is -0.0871 e. The van der Waals surface area contributed by atoms with Crippen LogP contribution in [0.1, 0.15) is 61.1 Å². The SMILES string of the molecule is C/C=C\c1cc(B2c3ccccc3-c3cc(-c4ccccc4C)c(C)cc32)ccc1CC.CC.Cc1ccc2c(C)cccc2c1. The van der Waals surface area contributed by atoms with Crippen molar-refractivity contribution in [2.45, 2.75) is 61.8 Å². The van der Waals surface area contributed by atoms with Gasteiger partial charge in [0.15, 0.2) is 0 Å². The molecule has 6 aromatic carbocycles. The standard InChI is InChI=1S/C31H29B.C12H12.C2H6/c1-5-11-24-19-25(17-16-23(24)6-2)32-30-15-10-9-14-27(30)29-20-28(22(4)18-31(29)32)26-13-8-7-12-21(26)3;1-9-6-7-12-10(2)4-3-5-11(12)8-9;1-2/h5,7-20H,6H2,1-4H3;3-8H,1-2H3;1-2H3/b11-5-;;. The van der Waals surface area contributed by atoms with Gasteiger partial charge in [-0.25, -0.2) is 0 Å². The molecule has 6 aromatic rings. The second-order valence-electron chi connectivity index (χ2n) is 12.2. The predicted molar refractivity (Wildman–Crippen MR) is 207 cm³/mol. The molecule has 0 N–H and O–H groups in total. The molecule has 1 aliphatic rings. The van der Waals surface area contributed by atoms with Crippen molar-refractivity contribution in [3.05, 3.63) is 155 Å². The largest absolute Gasteiger partial charge is 0.242 e. The lowest BCUT2D eigenvalue weighted by Gasteiger charge is -2.16. The van der Waals surface area contributed by atoms with Crippen LogP contribution in [0.15, 0.2) is 121 Å². The van der Waals surface area contributed by atoms with Crippen LogP contribution in [-0.2, 0) is 6.42 Å². The van der Waals surface area contributed by atoms with Gasteiger partial charge in [-0.05, 0) is 108 Å². The van der Waals surface area contributed by atoms with Crippen LogP contribution in [0, 0.1) is 27.7 Å². The van der Waals surface area contributed by atoms with E-state index in [4.69, 9.17) is 0 Å². The van der Waals surface area contributed by atoms with Gasteiger partial charge in [0.2, 0.25) is 6.71 Å². The first-order chi connectivity index (χ1) is 22.4. The van der Waals surface area contributed by atoms with E-state index in [1.165, 1.54) is 82.8 Å². The summed E-state index contributed by atoms with van der Waals surface area (Å²) in [7, 11) is 0. The fourth-order valence-corrected chi connectivity index (χ4v) is 6.90. The molecule has 0 nitrogen and oxygen atoms in total. The van der Waals surface area contributed by atoms with Gasteiger partial charge < -0.3 is 0 Å². The number of benzene rings is 6. The van der Waals surface area contributed by atoms with Crippen molar-refractivity contribution in [3.63, 3.8) is 0 Å². The predicted octanol–water partition coefficient (Wildman–Crippen LogP) is 10.5. The molecule has 1 heteroatoms. The molecule has 0 spiro atoms. The number of aryl methyl sites for hydroxylation is 5. The summed E-state index contributed by atoms with van der Waals surface area (Å²) in [6.07, 6.45) is 5.45. The smallest absolute Gasteiger partial charge is 0.0871 e. The first kappa shape index (κ1) is 32.8.